The minimum Gasteiger partial charge on any atom is -0.355 e. The number of carbonyl (C=O) groups excluding carboxylic acids is 2. The smallest absolute Gasteiger partial charge is 0.233 e. The number of benzene rings is 2. The first-order valence-electron chi connectivity index (χ1n) is 11.5. The molecule has 0 amide bonds. The molecule has 0 atom stereocenters. The molecule has 32 heavy (non-hydrogen) atoms. The van der Waals surface area contributed by atoms with Gasteiger partial charge >= 0.3 is 0 Å². The number of piperazine rings is 1. The maximum Gasteiger partial charge on any atom is 0.233 e. The fraction of sp³-hybridized carbons (Fsp3) is 0.333. The second-order valence-corrected chi connectivity index (χ2v) is 8.94. The standard InChI is InChI=1S/C27H31N3O2/c1-19-25(21(3)31)20(2)28-26(19)24(32)18-29-14-16-30(17-15-29)27(22-10-6-4-7-11-22)23-12-8-5-9-13-23/h4-13,27-28H,14-18H2,1-3H3/p+2. The molecule has 166 valence electrons. The molecule has 2 aromatic carbocycles. The number of aromatic amines is 1. The fourth-order valence-electron chi connectivity index (χ4n) is 5.22. The van der Waals surface area contributed by atoms with Crippen LogP contribution in [0.3, 0.4) is 0 Å². The van der Waals surface area contributed by atoms with Crippen LogP contribution in [-0.4, -0.2) is 49.3 Å². The van der Waals surface area contributed by atoms with Gasteiger partial charge in [0, 0.05) is 22.4 Å². The topological polar surface area (TPSA) is 58.8 Å². The third kappa shape index (κ3) is 4.59. The Hall–Kier alpha value is -3.02. The third-order valence-electron chi connectivity index (χ3n) is 6.75. The highest BCUT2D eigenvalue weighted by atomic mass is 16.1. The Morgan fingerprint density at radius 1 is 0.875 bits per heavy atom. The average Bonchev–Trinajstić information content (AvgIpc) is 3.11. The summed E-state index contributed by atoms with van der Waals surface area (Å²) in [5.74, 6) is 0.104. The van der Waals surface area contributed by atoms with Crippen LogP contribution >= 0.6 is 0 Å². The molecule has 1 aromatic heterocycles. The molecule has 1 saturated heterocycles. The molecule has 0 radical (unpaired) electrons. The van der Waals surface area contributed by atoms with E-state index in [1.165, 1.54) is 16.0 Å². The number of aromatic nitrogens is 1. The van der Waals surface area contributed by atoms with Crippen molar-refractivity contribution in [3.8, 4) is 0 Å². The number of ketones is 2. The van der Waals surface area contributed by atoms with Crippen molar-refractivity contribution in [1.29, 1.82) is 0 Å². The van der Waals surface area contributed by atoms with Crippen molar-refractivity contribution in [2.45, 2.75) is 26.8 Å². The lowest BCUT2D eigenvalue weighted by atomic mass is 9.96. The van der Waals surface area contributed by atoms with Crippen LogP contribution in [0.15, 0.2) is 60.7 Å². The molecular weight excluding hydrogens is 398 g/mol. The van der Waals surface area contributed by atoms with E-state index >= 15 is 0 Å². The van der Waals surface area contributed by atoms with Gasteiger partial charge in [-0.25, -0.2) is 0 Å². The molecule has 0 saturated carbocycles. The lowest BCUT2D eigenvalue weighted by Crippen LogP contribution is -3.28. The molecule has 3 aromatic rings. The Morgan fingerprint density at radius 2 is 1.41 bits per heavy atom. The number of rotatable bonds is 7. The average molecular weight is 432 g/mol. The molecule has 0 bridgehead atoms. The largest absolute Gasteiger partial charge is 0.355 e. The van der Waals surface area contributed by atoms with Crippen LogP contribution in [-0.2, 0) is 0 Å². The summed E-state index contributed by atoms with van der Waals surface area (Å²) in [6.45, 7) is 9.69. The summed E-state index contributed by atoms with van der Waals surface area (Å²) in [6, 6.07) is 21.8. The maximum atomic E-state index is 13.0. The number of carbonyl (C=O) groups is 2. The first kappa shape index (κ1) is 22.2. The molecule has 5 nitrogen and oxygen atoms in total. The van der Waals surface area contributed by atoms with Crippen molar-refractivity contribution >= 4 is 11.6 Å². The van der Waals surface area contributed by atoms with Gasteiger partial charge in [-0.05, 0) is 26.3 Å². The first-order valence-corrected chi connectivity index (χ1v) is 11.5. The Kier molecular flexibility index (Phi) is 6.68. The van der Waals surface area contributed by atoms with Crippen molar-refractivity contribution in [3.05, 3.63) is 94.3 Å². The van der Waals surface area contributed by atoms with Gasteiger partial charge in [-0.2, -0.15) is 0 Å². The Balaban J connectivity index is 1.45. The molecular formula is C27H33N3O2+2. The van der Waals surface area contributed by atoms with E-state index in [1.807, 2.05) is 13.8 Å². The summed E-state index contributed by atoms with van der Waals surface area (Å²) in [7, 11) is 0. The van der Waals surface area contributed by atoms with Gasteiger partial charge in [-0.15, -0.1) is 0 Å². The molecule has 0 spiro atoms. The number of quaternary nitrogens is 2. The van der Waals surface area contributed by atoms with Crippen LogP contribution in [0.4, 0.5) is 0 Å². The van der Waals surface area contributed by atoms with E-state index < -0.39 is 0 Å². The minimum absolute atomic E-state index is 0.00715. The fourth-order valence-corrected chi connectivity index (χ4v) is 5.22. The molecule has 4 rings (SSSR count). The monoisotopic (exact) mass is 431 g/mol. The lowest BCUT2D eigenvalue weighted by molar-refractivity contribution is -1.02. The van der Waals surface area contributed by atoms with Crippen LogP contribution in [0, 0.1) is 13.8 Å². The van der Waals surface area contributed by atoms with E-state index in [4.69, 9.17) is 0 Å². The Morgan fingerprint density at radius 3 is 1.88 bits per heavy atom. The second kappa shape index (κ2) is 9.63. The lowest BCUT2D eigenvalue weighted by Gasteiger charge is -2.35. The molecule has 0 unspecified atom stereocenters. The third-order valence-corrected chi connectivity index (χ3v) is 6.75. The number of hydrogen-bond donors (Lipinski definition) is 3. The van der Waals surface area contributed by atoms with Gasteiger partial charge in [0.2, 0.25) is 5.78 Å². The molecule has 0 aliphatic carbocycles. The van der Waals surface area contributed by atoms with Crippen LogP contribution in [0.5, 0.6) is 0 Å². The van der Waals surface area contributed by atoms with Gasteiger partial charge in [-0.1, -0.05) is 60.7 Å². The highest BCUT2D eigenvalue weighted by Gasteiger charge is 2.33. The summed E-state index contributed by atoms with van der Waals surface area (Å²) in [6.07, 6.45) is 0. The summed E-state index contributed by atoms with van der Waals surface area (Å²) in [5, 5.41) is 0. The summed E-state index contributed by atoms with van der Waals surface area (Å²) >= 11 is 0. The van der Waals surface area contributed by atoms with Crippen LogP contribution in [0.2, 0.25) is 0 Å². The highest BCUT2D eigenvalue weighted by Crippen LogP contribution is 2.20. The number of hydrogen-bond acceptors (Lipinski definition) is 2. The zero-order valence-corrected chi connectivity index (χ0v) is 19.2. The number of nitrogens with one attached hydrogen (secondary N) is 3. The van der Waals surface area contributed by atoms with Crippen LogP contribution < -0.4 is 9.80 Å². The van der Waals surface area contributed by atoms with Crippen molar-refractivity contribution < 1.29 is 19.4 Å². The number of Topliss-reactive ketones (excluding diaryl/α,β-unsaturated/α-hetero) is 2. The summed E-state index contributed by atoms with van der Waals surface area (Å²) in [5.41, 5.74) is 5.51. The van der Waals surface area contributed by atoms with Gasteiger partial charge < -0.3 is 14.8 Å². The highest BCUT2D eigenvalue weighted by molar-refractivity contribution is 6.03. The van der Waals surface area contributed by atoms with Gasteiger partial charge in [0.05, 0.1) is 5.69 Å². The van der Waals surface area contributed by atoms with Crippen LogP contribution in [0.25, 0.3) is 0 Å². The normalized spacial score (nSPS) is 18.6. The van der Waals surface area contributed by atoms with E-state index in [2.05, 4.69) is 65.6 Å². The van der Waals surface area contributed by atoms with Crippen molar-refractivity contribution in [1.82, 2.24) is 4.98 Å². The zero-order valence-electron chi connectivity index (χ0n) is 19.2. The molecule has 5 heteroatoms. The molecule has 2 heterocycles. The molecule has 3 N–H and O–H groups in total. The Labute approximate surface area is 190 Å². The van der Waals surface area contributed by atoms with Crippen molar-refractivity contribution in [2.24, 2.45) is 0 Å². The number of H-pyrrole nitrogens is 1. The van der Waals surface area contributed by atoms with E-state index in [0.717, 1.165) is 37.4 Å². The van der Waals surface area contributed by atoms with Crippen molar-refractivity contribution in [3.63, 3.8) is 0 Å². The molecule has 1 aliphatic rings. The number of aryl methyl sites for hydroxylation is 1. The predicted octanol–water partition coefficient (Wildman–Crippen LogP) is 1.59. The summed E-state index contributed by atoms with van der Waals surface area (Å²) in [4.78, 5) is 30.9. The predicted molar refractivity (Wildman–Crippen MR) is 126 cm³/mol. The van der Waals surface area contributed by atoms with Crippen molar-refractivity contribution in [2.75, 3.05) is 32.7 Å². The van der Waals surface area contributed by atoms with Gasteiger partial charge in [-0.3, -0.25) is 9.59 Å². The van der Waals surface area contributed by atoms with E-state index in [1.54, 1.807) is 11.8 Å². The van der Waals surface area contributed by atoms with Gasteiger partial charge in [0.1, 0.15) is 38.8 Å². The Bertz CT molecular complexity index is 1040. The minimum atomic E-state index is 0.00715. The van der Waals surface area contributed by atoms with E-state index in [-0.39, 0.29) is 11.6 Å². The maximum absolute atomic E-state index is 13.0. The van der Waals surface area contributed by atoms with Gasteiger partial charge in [0.15, 0.2) is 5.78 Å². The van der Waals surface area contributed by atoms with Crippen LogP contribution in [0.1, 0.15) is 56.2 Å². The van der Waals surface area contributed by atoms with E-state index in [0.29, 0.717) is 23.8 Å². The summed E-state index contributed by atoms with van der Waals surface area (Å²) < 4.78 is 0. The molecule has 1 fully saturated rings. The SMILES string of the molecule is CC(=O)c1c(C)[nH]c(C(=O)C[NH+]2CC[NH+](C(c3ccccc3)c3ccccc3)CC2)c1C. The second-order valence-electron chi connectivity index (χ2n) is 8.94. The van der Waals surface area contributed by atoms with E-state index in [9.17, 15) is 9.59 Å². The first-order chi connectivity index (χ1) is 15.5. The molecule has 1 aliphatic heterocycles. The van der Waals surface area contributed by atoms with Gasteiger partial charge in [0.25, 0.3) is 0 Å². The quantitative estimate of drug-likeness (QED) is 0.498. The zero-order chi connectivity index (χ0) is 22.7.